The molecule has 1 heterocycles. The number of aliphatic carboxylic acids is 1. The highest BCUT2D eigenvalue weighted by molar-refractivity contribution is 5.73. The largest absolute Gasteiger partial charge is 0.481 e. The maximum atomic E-state index is 11.6. The van der Waals surface area contributed by atoms with E-state index >= 15 is 0 Å². The molecule has 0 aliphatic heterocycles. The Balaban J connectivity index is 2.33. The van der Waals surface area contributed by atoms with E-state index < -0.39 is 5.97 Å². The van der Waals surface area contributed by atoms with Gasteiger partial charge in [-0.1, -0.05) is 19.0 Å². The average Bonchev–Trinajstić information content (AvgIpc) is 2.78. The third kappa shape index (κ3) is 7.28. The summed E-state index contributed by atoms with van der Waals surface area (Å²) in [6.45, 7) is 6.19. The van der Waals surface area contributed by atoms with Gasteiger partial charge < -0.3 is 20.3 Å². The number of carboxylic acids is 1. The van der Waals surface area contributed by atoms with Gasteiger partial charge in [0, 0.05) is 19.9 Å². The van der Waals surface area contributed by atoms with Crippen molar-refractivity contribution in [3.63, 3.8) is 0 Å². The van der Waals surface area contributed by atoms with E-state index in [-0.39, 0.29) is 24.9 Å². The lowest BCUT2D eigenvalue weighted by Crippen LogP contribution is -2.38. The Labute approximate surface area is 123 Å². The highest BCUT2D eigenvalue weighted by Crippen LogP contribution is 2.14. The molecule has 8 heteroatoms. The van der Waals surface area contributed by atoms with Crippen LogP contribution in [0.2, 0.25) is 0 Å². The molecule has 0 saturated heterocycles. The third-order valence-electron chi connectivity index (χ3n) is 2.80. The number of carboxylic acid groups (broad SMARTS) is 1. The van der Waals surface area contributed by atoms with E-state index in [9.17, 15) is 9.59 Å². The van der Waals surface area contributed by atoms with Gasteiger partial charge in [-0.25, -0.2) is 4.79 Å². The van der Waals surface area contributed by atoms with E-state index in [4.69, 9.17) is 9.63 Å². The van der Waals surface area contributed by atoms with Crippen LogP contribution in [-0.4, -0.2) is 33.8 Å². The number of hydrogen-bond acceptors (Lipinski definition) is 5. The molecule has 118 valence electrons. The van der Waals surface area contributed by atoms with Gasteiger partial charge in [-0.3, -0.25) is 4.79 Å². The molecule has 0 aliphatic carbocycles. The number of amides is 2. The molecule has 1 aromatic rings. The van der Waals surface area contributed by atoms with Crippen molar-refractivity contribution in [2.24, 2.45) is 11.8 Å². The van der Waals surface area contributed by atoms with Crippen LogP contribution in [0.4, 0.5) is 4.79 Å². The molecule has 0 radical (unpaired) electrons. The zero-order valence-corrected chi connectivity index (χ0v) is 12.5. The minimum Gasteiger partial charge on any atom is -0.481 e. The number of carbonyl (C=O) groups excluding carboxylic acids is 1. The molecule has 1 unspecified atom stereocenters. The predicted octanol–water partition coefficient (Wildman–Crippen LogP) is 1.31. The first kappa shape index (κ1) is 16.9. The molecular weight excluding hydrogens is 276 g/mol. The standard InChI is InChI=1S/C13H22N4O4/c1-8(2)4-10(5-12(18)19)6-14-13(20)15-7-11-16-9(3)21-17-11/h8,10H,4-7H2,1-3H3,(H,18,19)(H2,14,15,20). The molecule has 0 fully saturated rings. The summed E-state index contributed by atoms with van der Waals surface area (Å²) in [5, 5.41) is 17.8. The highest BCUT2D eigenvalue weighted by atomic mass is 16.5. The molecule has 0 saturated carbocycles. The van der Waals surface area contributed by atoms with Crippen molar-refractivity contribution in [2.45, 2.75) is 40.2 Å². The Morgan fingerprint density at radius 1 is 1.33 bits per heavy atom. The second kappa shape index (κ2) is 8.23. The van der Waals surface area contributed by atoms with E-state index in [0.29, 0.717) is 24.2 Å². The zero-order chi connectivity index (χ0) is 15.8. The molecule has 2 amide bonds. The number of carbonyl (C=O) groups is 2. The summed E-state index contributed by atoms with van der Waals surface area (Å²) in [4.78, 5) is 26.4. The first-order chi connectivity index (χ1) is 9.86. The Morgan fingerprint density at radius 2 is 2.05 bits per heavy atom. The Morgan fingerprint density at radius 3 is 2.57 bits per heavy atom. The number of hydrogen-bond donors (Lipinski definition) is 3. The summed E-state index contributed by atoms with van der Waals surface area (Å²) in [7, 11) is 0. The fourth-order valence-electron chi connectivity index (χ4n) is 2.02. The molecular formula is C13H22N4O4. The van der Waals surface area contributed by atoms with Crippen LogP contribution in [0, 0.1) is 18.8 Å². The second-order valence-electron chi connectivity index (χ2n) is 5.39. The molecule has 8 nitrogen and oxygen atoms in total. The highest BCUT2D eigenvalue weighted by Gasteiger charge is 2.16. The number of aryl methyl sites for hydroxylation is 1. The summed E-state index contributed by atoms with van der Waals surface area (Å²) in [6.07, 6.45) is 0.791. The number of rotatable bonds is 8. The van der Waals surface area contributed by atoms with Crippen LogP contribution in [0.1, 0.15) is 38.4 Å². The van der Waals surface area contributed by atoms with Gasteiger partial charge in [0.25, 0.3) is 0 Å². The monoisotopic (exact) mass is 298 g/mol. The van der Waals surface area contributed by atoms with E-state index in [2.05, 4.69) is 20.8 Å². The molecule has 21 heavy (non-hydrogen) atoms. The van der Waals surface area contributed by atoms with Gasteiger partial charge in [-0.2, -0.15) is 4.98 Å². The van der Waals surface area contributed by atoms with Gasteiger partial charge in [0.05, 0.1) is 6.54 Å². The first-order valence-corrected chi connectivity index (χ1v) is 6.89. The van der Waals surface area contributed by atoms with Crippen molar-refractivity contribution >= 4 is 12.0 Å². The van der Waals surface area contributed by atoms with E-state index in [1.54, 1.807) is 6.92 Å². The van der Waals surface area contributed by atoms with E-state index in [1.807, 2.05) is 13.8 Å². The Hall–Kier alpha value is -2.12. The van der Waals surface area contributed by atoms with Gasteiger partial charge >= 0.3 is 12.0 Å². The fraction of sp³-hybridized carbons (Fsp3) is 0.692. The van der Waals surface area contributed by atoms with Gasteiger partial charge in [0.15, 0.2) is 5.82 Å². The van der Waals surface area contributed by atoms with Crippen molar-refractivity contribution in [3.8, 4) is 0 Å². The number of urea groups is 1. The molecule has 1 aromatic heterocycles. The molecule has 0 spiro atoms. The molecule has 0 aromatic carbocycles. The molecule has 1 atom stereocenters. The van der Waals surface area contributed by atoms with Gasteiger partial charge in [0.2, 0.25) is 5.89 Å². The van der Waals surface area contributed by atoms with Crippen molar-refractivity contribution in [1.82, 2.24) is 20.8 Å². The van der Waals surface area contributed by atoms with Crippen molar-refractivity contribution < 1.29 is 19.2 Å². The zero-order valence-electron chi connectivity index (χ0n) is 12.5. The van der Waals surface area contributed by atoms with Crippen molar-refractivity contribution in [2.75, 3.05) is 6.54 Å². The molecule has 1 rings (SSSR count). The normalized spacial score (nSPS) is 12.2. The quantitative estimate of drug-likeness (QED) is 0.666. The lowest BCUT2D eigenvalue weighted by Gasteiger charge is -2.17. The first-order valence-electron chi connectivity index (χ1n) is 6.89. The van der Waals surface area contributed by atoms with Crippen LogP contribution in [0.15, 0.2) is 4.52 Å². The predicted molar refractivity (Wildman–Crippen MR) is 74.5 cm³/mol. The summed E-state index contributed by atoms with van der Waals surface area (Å²) < 4.78 is 4.78. The van der Waals surface area contributed by atoms with Gasteiger partial charge in [-0.15, -0.1) is 0 Å². The van der Waals surface area contributed by atoms with E-state index in [1.165, 1.54) is 0 Å². The summed E-state index contributed by atoms with van der Waals surface area (Å²) >= 11 is 0. The van der Waals surface area contributed by atoms with Crippen molar-refractivity contribution in [1.29, 1.82) is 0 Å². The topological polar surface area (TPSA) is 117 Å². The lowest BCUT2D eigenvalue weighted by atomic mass is 9.94. The maximum absolute atomic E-state index is 11.6. The van der Waals surface area contributed by atoms with Crippen LogP contribution in [0.5, 0.6) is 0 Å². The second-order valence-corrected chi connectivity index (χ2v) is 5.39. The van der Waals surface area contributed by atoms with Crippen LogP contribution in [0.3, 0.4) is 0 Å². The summed E-state index contributed by atoms with van der Waals surface area (Å²) in [5.41, 5.74) is 0. The summed E-state index contributed by atoms with van der Waals surface area (Å²) in [6, 6.07) is -0.378. The smallest absolute Gasteiger partial charge is 0.315 e. The minimum absolute atomic E-state index is 0.0441. The minimum atomic E-state index is -0.856. The summed E-state index contributed by atoms with van der Waals surface area (Å²) in [5.74, 6) is 0.268. The van der Waals surface area contributed by atoms with Crippen LogP contribution < -0.4 is 10.6 Å². The van der Waals surface area contributed by atoms with Crippen LogP contribution >= 0.6 is 0 Å². The van der Waals surface area contributed by atoms with Gasteiger partial charge in [0.1, 0.15) is 0 Å². The lowest BCUT2D eigenvalue weighted by molar-refractivity contribution is -0.138. The van der Waals surface area contributed by atoms with Crippen LogP contribution in [-0.2, 0) is 11.3 Å². The third-order valence-corrected chi connectivity index (χ3v) is 2.80. The number of aromatic nitrogens is 2. The van der Waals surface area contributed by atoms with E-state index in [0.717, 1.165) is 6.42 Å². The Kier molecular flexibility index (Phi) is 6.64. The SMILES string of the molecule is Cc1nc(CNC(=O)NCC(CC(=O)O)CC(C)C)no1. The molecule has 0 bridgehead atoms. The van der Waals surface area contributed by atoms with Gasteiger partial charge in [-0.05, 0) is 18.3 Å². The molecule has 0 aliphatic rings. The maximum Gasteiger partial charge on any atom is 0.315 e. The molecule has 3 N–H and O–H groups in total. The average molecular weight is 298 g/mol. The fourth-order valence-corrected chi connectivity index (χ4v) is 2.02. The van der Waals surface area contributed by atoms with Crippen molar-refractivity contribution in [3.05, 3.63) is 11.7 Å². The Bertz CT molecular complexity index is 472. The number of nitrogens with zero attached hydrogens (tertiary/aromatic N) is 2. The number of nitrogens with one attached hydrogen (secondary N) is 2. The van der Waals surface area contributed by atoms with Crippen LogP contribution in [0.25, 0.3) is 0 Å².